The third kappa shape index (κ3) is 5.77. The van der Waals surface area contributed by atoms with Crippen molar-refractivity contribution in [2.45, 2.75) is 13.5 Å². The average Bonchev–Trinajstić information content (AvgIpc) is 3.19. The number of non-ortho nitro benzene ring substituents is 1. The maximum absolute atomic E-state index is 12.5. The maximum atomic E-state index is 12.5. The number of hydrogen-bond donors (Lipinski definition) is 0. The first-order valence-corrected chi connectivity index (χ1v) is 12.5. The van der Waals surface area contributed by atoms with Gasteiger partial charge in [-0.3, -0.25) is 10.1 Å². The molecule has 3 aromatic rings. The number of carbonyl (C=O) groups is 1. The number of cyclic esters (lactones) is 1. The first-order valence-electron chi connectivity index (χ1n) is 10.6. The molecule has 0 fully saturated rings. The van der Waals surface area contributed by atoms with E-state index in [-0.39, 0.29) is 27.9 Å². The van der Waals surface area contributed by atoms with Gasteiger partial charge in [0.2, 0.25) is 5.90 Å². The molecule has 0 unspecified atom stereocenters. The van der Waals surface area contributed by atoms with E-state index in [4.69, 9.17) is 25.8 Å². The van der Waals surface area contributed by atoms with Crippen LogP contribution in [0, 0.1) is 10.1 Å². The number of halogens is 3. The van der Waals surface area contributed by atoms with Gasteiger partial charge in [0, 0.05) is 22.2 Å². The molecule has 36 heavy (non-hydrogen) atoms. The molecule has 1 heterocycles. The minimum absolute atomic E-state index is 0.00352. The SMILES string of the molecule is CCOc1cc(/C=C2\N=C(c3cc([N+](=O)[O-])ccc3Cl)OC2=O)cc(Br)c1OCc1ccccc1Br. The fourth-order valence-electron chi connectivity index (χ4n) is 3.31. The molecule has 0 amide bonds. The summed E-state index contributed by atoms with van der Waals surface area (Å²) in [6, 6.07) is 15.0. The van der Waals surface area contributed by atoms with E-state index in [0.29, 0.717) is 34.7 Å². The van der Waals surface area contributed by atoms with Gasteiger partial charge in [0.05, 0.1) is 26.6 Å². The van der Waals surface area contributed by atoms with Gasteiger partial charge < -0.3 is 14.2 Å². The van der Waals surface area contributed by atoms with Crippen molar-refractivity contribution in [1.82, 2.24) is 0 Å². The molecule has 11 heteroatoms. The molecule has 3 aromatic carbocycles. The van der Waals surface area contributed by atoms with Gasteiger partial charge in [-0.1, -0.05) is 45.7 Å². The number of aliphatic imine (C=N–C) groups is 1. The van der Waals surface area contributed by atoms with Gasteiger partial charge in [0.25, 0.3) is 5.69 Å². The van der Waals surface area contributed by atoms with E-state index in [1.165, 1.54) is 24.3 Å². The van der Waals surface area contributed by atoms with Gasteiger partial charge in [-0.05, 0) is 58.8 Å². The number of ether oxygens (including phenoxy) is 3. The lowest BCUT2D eigenvalue weighted by Crippen LogP contribution is -2.06. The number of carbonyl (C=O) groups excluding carboxylic acids is 1. The van der Waals surface area contributed by atoms with E-state index in [0.717, 1.165) is 10.0 Å². The second kappa shape index (κ2) is 11.2. The van der Waals surface area contributed by atoms with Crippen LogP contribution in [0.3, 0.4) is 0 Å². The standard InChI is InChI=1S/C25H17Br2ClN2O6/c1-2-34-22-11-14(9-19(27)23(22)35-13-15-5-3-4-6-18(15)26)10-21-25(31)36-24(29-21)17-12-16(30(32)33)7-8-20(17)28/h3-12H,2,13H2,1H3/b21-10-. The van der Waals surface area contributed by atoms with Gasteiger partial charge >= 0.3 is 5.97 Å². The number of hydrogen-bond acceptors (Lipinski definition) is 7. The summed E-state index contributed by atoms with van der Waals surface area (Å²) in [4.78, 5) is 27.3. The van der Waals surface area contributed by atoms with Gasteiger partial charge in [0.1, 0.15) is 6.61 Å². The molecule has 0 aromatic heterocycles. The second-order valence-corrected chi connectivity index (χ2v) is 9.52. The summed E-state index contributed by atoms with van der Waals surface area (Å²) in [5.74, 6) is 0.160. The van der Waals surface area contributed by atoms with Crippen LogP contribution in [0.1, 0.15) is 23.6 Å². The molecule has 0 saturated carbocycles. The van der Waals surface area contributed by atoms with Crippen LogP contribution in [0.15, 0.2) is 74.2 Å². The van der Waals surface area contributed by atoms with Crippen molar-refractivity contribution in [1.29, 1.82) is 0 Å². The molecular weight excluding hydrogens is 620 g/mol. The molecule has 1 aliphatic rings. The molecule has 0 atom stereocenters. The first kappa shape index (κ1) is 25.9. The minimum atomic E-state index is -0.712. The Kier molecular flexibility index (Phi) is 8.07. The van der Waals surface area contributed by atoms with Crippen LogP contribution in [-0.4, -0.2) is 23.4 Å². The lowest BCUT2D eigenvalue weighted by atomic mass is 10.1. The Bertz CT molecular complexity index is 1420. The number of nitrogens with zero attached hydrogens (tertiary/aromatic N) is 2. The summed E-state index contributed by atoms with van der Waals surface area (Å²) in [7, 11) is 0. The molecule has 4 rings (SSSR count). The normalized spacial score (nSPS) is 13.9. The van der Waals surface area contributed by atoms with Crippen molar-refractivity contribution in [3.8, 4) is 11.5 Å². The van der Waals surface area contributed by atoms with Crippen molar-refractivity contribution in [2.24, 2.45) is 4.99 Å². The third-order valence-corrected chi connectivity index (χ3v) is 6.67. The Morgan fingerprint density at radius 2 is 1.89 bits per heavy atom. The quantitative estimate of drug-likeness (QED) is 0.113. The second-order valence-electron chi connectivity index (χ2n) is 7.40. The van der Waals surface area contributed by atoms with Crippen LogP contribution in [0.25, 0.3) is 6.08 Å². The Labute approximate surface area is 227 Å². The lowest BCUT2D eigenvalue weighted by Gasteiger charge is -2.15. The molecule has 0 saturated heterocycles. The van der Waals surface area contributed by atoms with Gasteiger partial charge in [0.15, 0.2) is 17.2 Å². The summed E-state index contributed by atoms with van der Waals surface area (Å²) in [6.45, 7) is 2.56. The van der Waals surface area contributed by atoms with Crippen molar-refractivity contribution >= 4 is 67.1 Å². The molecule has 0 bridgehead atoms. The highest BCUT2D eigenvalue weighted by Crippen LogP contribution is 2.39. The summed E-state index contributed by atoms with van der Waals surface area (Å²) in [6.07, 6.45) is 1.52. The number of rotatable bonds is 8. The summed E-state index contributed by atoms with van der Waals surface area (Å²) in [5, 5.41) is 11.3. The predicted octanol–water partition coefficient (Wildman–Crippen LogP) is 7.10. The van der Waals surface area contributed by atoms with E-state index >= 15 is 0 Å². The van der Waals surface area contributed by atoms with Crippen molar-refractivity contribution in [3.63, 3.8) is 0 Å². The topological polar surface area (TPSA) is 100 Å². The van der Waals surface area contributed by atoms with E-state index in [1.54, 1.807) is 12.1 Å². The number of nitro groups is 1. The molecular formula is C25H17Br2ClN2O6. The highest BCUT2D eigenvalue weighted by atomic mass is 79.9. The molecule has 184 valence electrons. The fraction of sp³-hybridized carbons (Fsp3) is 0.120. The Morgan fingerprint density at radius 1 is 1.11 bits per heavy atom. The van der Waals surface area contributed by atoms with E-state index < -0.39 is 10.9 Å². The minimum Gasteiger partial charge on any atom is -0.490 e. The van der Waals surface area contributed by atoms with Crippen LogP contribution in [0.2, 0.25) is 5.02 Å². The molecule has 0 spiro atoms. The van der Waals surface area contributed by atoms with E-state index in [2.05, 4.69) is 36.9 Å². The summed E-state index contributed by atoms with van der Waals surface area (Å²) < 4.78 is 18.6. The Morgan fingerprint density at radius 3 is 2.61 bits per heavy atom. The highest BCUT2D eigenvalue weighted by molar-refractivity contribution is 9.10. The summed E-state index contributed by atoms with van der Waals surface area (Å²) >= 11 is 13.2. The lowest BCUT2D eigenvalue weighted by molar-refractivity contribution is -0.384. The van der Waals surface area contributed by atoms with Crippen LogP contribution < -0.4 is 9.47 Å². The van der Waals surface area contributed by atoms with Crippen molar-refractivity contribution < 1.29 is 23.9 Å². The first-order chi connectivity index (χ1) is 17.3. The number of benzene rings is 3. The molecule has 0 aliphatic carbocycles. The molecule has 1 aliphatic heterocycles. The van der Waals surface area contributed by atoms with Gasteiger partial charge in [-0.25, -0.2) is 9.79 Å². The van der Waals surface area contributed by atoms with Gasteiger partial charge in [-0.2, -0.15) is 0 Å². The van der Waals surface area contributed by atoms with Crippen molar-refractivity contribution in [3.05, 3.63) is 101 Å². The predicted molar refractivity (Wildman–Crippen MR) is 142 cm³/mol. The largest absolute Gasteiger partial charge is 0.490 e. The average molecular weight is 637 g/mol. The monoisotopic (exact) mass is 634 g/mol. The zero-order valence-electron chi connectivity index (χ0n) is 18.7. The van der Waals surface area contributed by atoms with Crippen LogP contribution in [0.5, 0.6) is 11.5 Å². The molecule has 0 N–H and O–H groups in total. The Balaban J connectivity index is 1.65. The zero-order valence-corrected chi connectivity index (χ0v) is 22.6. The van der Waals surface area contributed by atoms with Crippen LogP contribution in [0.4, 0.5) is 5.69 Å². The van der Waals surface area contributed by atoms with Crippen LogP contribution >= 0.6 is 43.5 Å². The van der Waals surface area contributed by atoms with Crippen molar-refractivity contribution in [2.75, 3.05) is 6.61 Å². The maximum Gasteiger partial charge on any atom is 0.363 e. The zero-order chi connectivity index (χ0) is 25.8. The number of nitro benzene ring substituents is 1. The van der Waals surface area contributed by atoms with Crippen LogP contribution in [-0.2, 0) is 16.1 Å². The smallest absolute Gasteiger partial charge is 0.363 e. The Hall–Kier alpha value is -3.21. The number of esters is 1. The molecule has 8 nitrogen and oxygen atoms in total. The van der Waals surface area contributed by atoms with Gasteiger partial charge in [-0.15, -0.1) is 0 Å². The fourth-order valence-corrected chi connectivity index (χ4v) is 4.48. The summed E-state index contributed by atoms with van der Waals surface area (Å²) in [5.41, 5.74) is 1.52. The van der Waals surface area contributed by atoms with E-state index in [1.807, 2.05) is 31.2 Å². The highest BCUT2D eigenvalue weighted by Gasteiger charge is 2.27. The van der Waals surface area contributed by atoms with E-state index in [9.17, 15) is 14.9 Å². The molecule has 0 radical (unpaired) electrons. The third-order valence-electron chi connectivity index (χ3n) is 4.98.